The van der Waals surface area contributed by atoms with Gasteiger partial charge in [-0.25, -0.2) is 4.98 Å². The van der Waals surface area contributed by atoms with E-state index in [0.717, 1.165) is 4.47 Å². The fourth-order valence-corrected chi connectivity index (χ4v) is 2.52. The lowest BCUT2D eigenvalue weighted by atomic mass is 10.2. The van der Waals surface area contributed by atoms with Gasteiger partial charge in [-0.15, -0.1) is 0 Å². The van der Waals surface area contributed by atoms with Crippen molar-refractivity contribution in [2.75, 3.05) is 18.5 Å². The summed E-state index contributed by atoms with van der Waals surface area (Å²) < 4.78 is 12.0. The average Bonchev–Trinajstić information content (AvgIpc) is 3.40. The van der Waals surface area contributed by atoms with Crippen molar-refractivity contribution in [3.63, 3.8) is 0 Å². The minimum atomic E-state index is -0.240. The van der Waals surface area contributed by atoms with Gasteiger partial charge in [-0.05, 0) is 49.9 Å². The number of pyridine rings is 1. The molecule has 6 heteroatoms. The number of nitrogens with one attached hydrogen (secondary N) is 1. The van der Waals surface area contributed by atoms with Gasteiger partial charge in [0, 0.05) is 16.7 Å². The molecule has 0 unspecified atom stereocenters. The van der Waals surface area contributed by atoms with Crippen LogP contribution in [0.2, 0.25) is 0 Å². The summed E-state index contributed by atoms with van der Waals surface area (Å²) in [4.78, 5) is 16.6. The van der Waals surface area contributed by atoms with Gasteiger partial charge in [0.15, 0.2) is 0 Å². The molecular formula is C18H19BrN2O3. The van der Waals surface area contributed by atoms with Crippen LogP contribution in [0.25, 0.3) is 0 Å². The minimum absolute atomic E-state index is 0.240. The van der Waals surface area contributed by atoms with Crippen LogP contribution in [0.5, 0.6) is 11.6 Å². The highest BCUT2D eigenvalue weighted by Crippen LogP contribution is 2.30. The number of nitrogens with zero attached hydrogens (tertiary/aromatic N) is 1. The summed E-state index contributed by atoms with van der Waals surface area (Å²) in [5.41, 5.74) is 1.08. The number of aromatic nitrogens is 1. The Morgan fingerprint density at radius 3 is 2.79 bits per heavy atom. The maximum atomic E-state index is 12.4. The molecule has 0 atom stereocenters. The molecule has 1 aliphatic carbocycles. The summed E-state index contributed by atoms with van der Waals surface area (Å²) in [6, 6.07) is 8.93. The first-order chi connectivity index (χ1) is 11.7. The average molecular weight is 391 g/mol. The Morgan fingerprint density at radius 1 is 1.29 bits per heavy atom. The van der Waals surface area contributed by atoms with Crippen LogP contribution in [0.4, 0.5) is 5.69 Å². The number of carbonyl (C=O) groups is 1. The van der Waals surface area contributed by atoms with Gasteiger partial charge in [0.25, 0.3) is 5.91 Å². The molecule has 1 fully saturated rings. The van der Waals surface area contributed by atoms with Gasteiger partial charge in [-0.2, -0.15) is 0 Å². The van der Waals surface area contributed by atoms with Crippen molar-refractivity contribution in [2.45, 2.75) is 19.8 Å². The number of rotatable bonds is 7. The number of anilines is 1. The van der Waals surface area contributed by atoms with Crippen LogP contribution in [-0.2, 0) is 0 Å². The maximum absolute atomic E-state index is 12.4. The molecule has 24 heavy (non-hydrogen) atoms. The van der Waals surface area contributed by atoms with E-state index in [-0.39, 0.29) is 5.91 Å². The minimum Gasteiger partial charge on any atom is -0.492 e. The van der Waals surface area contributed by atoms with Crippen LogP contribution in [0, 0.1) is 5.92 Å². The van der Waals surface area contributed by atoms with Gasteiger partial charge in [0.2, 0.25) is 5.88 Å². The number of benzene rings is 1. The molecule has 0 spiro atoms. The molecule has 0 bridgehead atoms. The number of carbonyl (C=O) groups excluding carboxylic acids is 1. The molecule has 1 aromatic carbocycles. The van der Waals surface area contributed by atoms with E-state index in [1.807, 2.05) is 25.1 Å². The molecule has 0 saturated heterocycles. The Bertz CT molecular complexity index is 715. The zero-order chi connectivity index (χ0) is 16.9. The Labute approximate surface area is 149 Å². The topological polar surface area (TPSA) is 60.5 Å². The summed E-state index contributed by atoms with van der Waals surface area (Å²) >= 11 is 3.40. The molecule has 1 amide bonds. The lowest BCUT2D eigenvalue weighted by Crippen LogP contribution is -2.13. The van der Waals surface area contributed by atoms with Crippen LogP contribution in [0.1, 0.15) is 30.1 Å². The summed E-state index contributed by atoms with van der Waals surface area (Å²) in [5.74, 6) is 1.61. The molecular weight excluding hydrogens is 372 g/mol. The summed E-state index contributed by atoms with van der Waals surface area (Å²) in [6.07, 6.45) is 3.99. The maximum Gasteiger partial charge on any atom is 0.257 e. The Balaban J connectivity index is 1.66. The number of halogens is 1. The van der Waals surface area contributed by atoms with Crippen LogP contribution >= 0.6 is 15.9 Å². The third-order valence-corrected chi connectivity index (χ3v) is 4.15. The standard InChI is InChI=1S/C18H19BrN2O3/c1-2-23-16-7-6-14(19)9-15(16)21-18(22)13-5-8-17(20-10-13)24-11-12-3-4-12/h5-10,12H,2-4,11H2,1H3,(H,21,22). The SMILES string of the molecule is CCOc1ccc(Br)cc1NC(=O)c1ccc(OCC2CC2)nc1. The molecule has 1 N–H and O–H groups in total. The van der Waals surface area contributed by atoms with Gasteiger partial charge in [-0.3, -0.25) is 4.79 Å². The zero-order valence-electron chi connectivity index (χ0n) is 13.4. The van der Waals surface area contributed by atoms with E-state index in [1.54, 1.807) is 12.1 Å². The second-order valence-electron chi connectivity index (χ2n) is 5.67. The first-order valence-corrected chi connectivity index (χ1v) is 8.77. The Morgan fingerprint density at radius 2 is 2.12 bits per heavy atom. The molecule has 1 heterocycles. The molecule has 126 valence electrons. The second-order valence-corrected chi connectivity index (χ2v) is 6.58. The number of amides is 1. The molecule has 3 rings (SSSR count). The van der Waals surface area contributed by atoms with E-state index in [1.165, 1.54) is 19.0 Å². The monoisotopic (exact) mass is 390 g/mol. The fourth-order valence-electron chi connectivity index (χ4n) is 2.16. The summed E-state index contributed by atoms with van der Waals surface area (Å²) in [5, 5.41) is 2.86. The zero-order valence-corrected chi connectivity index (χ0v) is 15.0. The van der Waals surface area contributed by atoms with Crippen molar-refractivity contribution < 1.29 is 14.3 Å². The summed E-state index contributed by atoms with van der Waals surface area (Å²) in [7, 11) is 0. The lowest BCUT2D eigenvalue weighted by molar-refractivity contribution is 0.102. The van der Waals surface area contributed by atoms with E-state index in [4.69, 9.17) is 9.47 Å². The van der Waals surface area contributed by atoms with Gasteiger partial charge in [-0.1, -0.05) is 15.9 Å². The van der Waals surface area contributed by atoms with Crippen molar-refractivity contribution in [1.29, 1.82) is 0 Å². The van der Waals surface area contributed by atoms with Crippen molar-refractivity contribution in [3.8, 4) is 11.6 Å². The predicted octanol–water partition coefficient (Wildman–Crippen LogP) is 4.28. The molecule has 0 aliphatic heterocycles. The van der Waals surface area contributed by atoms with Crippen molar-refractivity contribution in [3.05, 3.63) is 46.6 Å². The number of ether oxygens (including phenoxy) is 2. The lowest BCUT2D eigenvalue weighted by Gasteiger charge is -2.12. The normalized spacial score (nSPS) is 13.4. The van der Waals surface area contributed by atoms with E-state index in [2.05, 4.69) is 26.2 Å². The van der Waals surface area contributed by atoms with E-state index < -0.39 is 0 Å². The van der Waals surface area contributed by atoms with Crippen LogP contribution < -0.4 is 14.8 Å². The Kier molecular flexibility index (Phi) is 5.35. The van der Waals surface area contributed by atoms with Gasteiger partial charge in [0.1, 0.15) is 5.75 Å². The largest absolute Gasteiger partial charge is 0.492 e. The highest BCUT2D eigenvalue weighted by Gasteiger charge is 2.22. The smallest absolute Gasteiger partial charge is 0.257 e. The van der Waals surface area contributed by atoms with Crippen molar-refractivity contribution >= 4 is 27.5 Å². The van der Waals surface area contributed by atoms with Crippen LogP contribution in [0.3, 0.4) is 0 Å². The van der Waals surface area contributed by atoms with Gasteiger partial charge >= 0.3 is 0 Å². The highest BCUT2D eigenvalue weighted by atomic mass is 79.9. The van der Waals surface area contributed by atoms with Crippen LogP contribution in [0.15, 0.2) is 41.0 Å². The molecule has 1 saturated carbocycles. The Hall–Kier alpha value is -2.08. The molecule has 0 radical (unpaired) electrons. The van der Waals surface area contributed by atoms with E-state index in [9.17, 15) is 4.79 Å². The third kappa shape index (κ3) is 4.47. The number of hydrogen-bond donors (Lipinski definition) is 1. The molecule has 2 aromatic rings. The van der Waals surface area contributed by atoms with Crippen molar-refractivity contribution in [1.82, 2.24) is 4.98 Å². The fraction of sp³-hybridized carbons (Fsp3) is 0.333. The van der Waals surface area contributed by atoms with Gasteiger partial charge < -0.3 is 14.8 Å². The molecule has 5 nitrogen and oxygen atoms in total. The van der Waals surface area contributed by atoms with Gasteiger partial charge in [0.05, 0.1) is 24.5 Å². The summed E-state index contributed by atoms with van der Waals surface area (Å²) in [6.45, 7) is 3.13. The first kappa shape index (κ1) is 16.8. The second kappa shape index (κ2) is 7.66. The quantitative estimate of drug-likeness (QED) is 0.765. The molecule has 1 aromatic heterocycles. The van der Waals surface area contributed by atoms with Crippen LogP contribution in [-0.4, -0.2) is 24.1 Å². The molecule has 1 aliphatic rings. The van der Waals surface area contributed by atoms with Crippen molar-refractivity contribution in [2.24, 2.45) is 5.92 Å². The first-order valence-electron chi connectivity index (χ1n) is 7.98. The van der Waals surface area contributed by atoms with E-state index in [0.29, 0.717) is 42.0 Å². The number of hydrogen-bond acceptors (Lipinski definition) is 4. The third-order valence-electron chi connectivity index (χ3n) is 3.65. The predicted molar refractivity (Wildman–Crippen MR) is 95.7 cm³/mol. The van der Waals surface area contributed by atoms with E-state index >= 15 is 0 Å². The highest BCUT2D eigenvalue weighted by molar-refractivity contribution is 9.10.